The third kappa shape index (κ3) is 5.35. The highest BCUT2D eigenvalue weighted by molar-refractivity contribution is 6.35. The van der Waals surface area contributed by atoms with Crippen LogP contribution in [0.5, 0.6) is 0 Å². The molecule has 0 bridgehead atoms. The monoisotopic (exact) mass is 307 g/mol. The summed E-state index contributed by atoms with van der Waals surface area (Å²) in [6.07, 6.45) is 1.51. The molecule has 1 rings (SSSR count). The van der Waals surface area contributed by atoms with Crippen molar-refractivity contribution in [3.05, 3.63) is 33.6 Å². The molecule has 1 atom stereocenters. The van der Waals surface area contributed by atoms with Crippen LogP contribution < -0.4 is 5.32 Å². The highest BCUT2D eigenvalue weighted by Crippen LogP contribution is 2.28. The summed E-state index contributed by atoms with van der Waals surface area (Å²) in [5, 5.41) is 12.1. The van der Waals surface area contributed by atoms with Gasteiger partial charge in [-0.15, -0.1) is 0 Å². The van der Waals surface area contributed by atoms with Crippen LogP contribution in [0.3, 0.4) is 0 Å². The van der Waals surface area contributed by atoms with Crippen molar-refractivity contribution >= 4 is 29.2 Å². The number of unbranched alkanes of at least 4 members (excludes halogenated alkanes) is 1. The molecule has 3 nitrogen and oxygen atoms in total. The number of hydrogen-bond acceptors (Lipinski definition) is 2. The zero-order valence-corrected chi connectivity index (χ0v) is 12.1. The Morgan fingerprint density at radius 1 is 1.37 bits per heavy atom. The van der Waals surface area contributed by atoms with Gasteiger partial charge in [0.15, 0.2) is 0 Å². The topological polar surface area (TPSA) is 49.3 Å². The van der Waals surface area contributed by atoms with Gasteiger partial charge in [0.05, 0.1) is 5.02 Å². The van der Waals surface area contributed by atoms with E-state index >= 15 is 0 Å². The lowest BCUT2D eigenvalue weighted by Crippen LogP contribution is -2.20. The molecule has 2 N–H and O–H groups in total. The molecule has 0 aliphatic rings. The van der Waals surface area contributed by atoms with Gasteiger partial charge in [0.2, 0.25) is 0 Å². The molecular weight excluding hydrogens is 292 g/mol. The first-order valence-corrected chi connectivity index (χ1v) is 6.77. The molecule has 0 saturated carbocycles. The number of benzene rings is 1. The third-order valence-electron chi connectivity index (χ3n) is 2.77. The average Bonchev–Trinajstić information content (AvgIpc) is 2.32. The first-order chi connectivity index (χ1) is 8.91. The molecule has 6 heteroatoms. The minimum atomic E-state index is -0.795. The molecule has 106 valence electrons. The van der Waals surface area contributed by atoms with E-state index in [0.717, 1.165) is 6.42 Å². The van der Waals surface area contributed by atoms with E-state index in [4.69, 9.17) is 28.3 Å². The van der Waals surface area contributed by atoms with Gasteiger partial charge >= 0.3 is 5.97 Å². The van der Waals surface area contributed by atoms with Gasteiger partial charge in [-0.3, -0.25) is 4.79 Å². The highest BCUT2D eigenvalue weighted by Gasteiger charge is 2.12. The number of halogens is 3. The average molecular weight is 308 g/mol. The van der Waals surface area contributed by atoms with Crippen LogP contribution in [0.4, 0.5) is 4.39 Å². The van der Waals surface area contributed by atoms with E-state index in [1.807, 2.05) is 6.92 Å². The molecule has 0 spiro atoms. The fourth-order valence-electron chi connectivity index (χ4n) is 1.70. The van der Waals surface area contributed by atoms with Gasteiger partial charge in [0.25, 0.3) is 0 Å². The van der Waals surface area contributed by atoms with E-state index < -0.39 is 11.8 Å². The van der Waals surface area contributed by atoms with Gasteiger partial charge in [-0.1, -0.05) is 23.2 Å². The Morgan fingerprint density at radius 2 is 2.05 bits per heavy atom. The van der Waals surface area contributed by atoms with Crippen molar-refractivity contribution in [3.63, 3.8) is 0 Å². The molecule has 0 heterocycles. The lowest BCUT2D eigenvalue weighted by atomic mass is 10.1. The Balaban J connectivity index is 2.47. The van der Waals surface area contributed by atoms with E-state index in [2.05, 4.69) is 5.32 Å². The maximum absolute atomic E-state index is 13.4. The minimum absolute atomic E-state index is 0.00223. The molecule has 1 aromatic carbocycles. The predicted octanol–water partition coefficient (Wildman–Crippen LogP) is 4.04. The van der Waals surface area contributed by atoms with E-state index in [-0.39, 0.29) is 17.5 Å². The van der Waals surface area contributed by atoms with Gasteiger partial charge in [0, 0.05) is 17.5 Å². The summed E-state index contributed by atoms with van der Waals surface area (Å²) in [6, 6.07) is 2.58. The first-order valence-electron chi connectivity index (χ1n) is 6.01. The maximum atomic E-state index is 13.4. The summed E-state index contributed by atoms with van der Waals surface area (Å²) >= 11 is 11.6. The lowest BCUT2D eigenvalue weighted by Gasteiger charge is -2.16. The molecule has 0 aliphatic heterocycles. The molecule has 0 saturated heterocycles. The van der Waals surface area contributed by atoms with Crippen molar-refractivity contribution in [1.29, 1.82) is 0 Å². The van der Waals surface area contributed by atoms with Gasteiger partial charge in [-0.25, -0.2) is 4.39 Å². The van der Waals surface area contributed by atoms with Crippen molar-refractivity contribution in [1.82, 2.24) is 5.32 Å². The Bertz CT molecular complexity index is 455. The minimum Gasteiger partial charge on any atom is -0.481 e. The van der Waals surface area contributed by atoms with Gasteiger partial charge in [-0.05, 0) is 44.0 Å². The van der Waals surface area contributed by atoms with Gasteiger partial charge in [-0.2, -0.15) is 0 Å². The molecular formula is C13H16Cl2FNO2. The highest BCUT2D eigenvalue weighted by atomic mass is 35.5. The van der Waals surface area contributed by atoms with Crippen LogP contribution in [0.2, 0.25) is 10.0 Å². The Hall–Kier alpha value is -0.840. The zero-order chi connectivity index (χ0) is 14.4. The van der Waals surface area contributed by atoms with E-state index in [1.165, 1.54) is 12.1 Å². The number of carboxylic acids is 1. The Morgan fingerprint density at radius 3 is 2.68 bits per heavy atom. The van der Waals surface area contributed by atoms with Crippen LogP contribution in [0.1, 0.15) is 37.8 Å². The summed E-state index contributed by atoms with van der Waals surface area (Å²) in [5.41, 5.74) is 0.641. The van der Waals surface area contributed by atoms with Crippen molar-refractivity contribution < 1.29 is 14.3 Å². The fourth-order valence-corrected chi connectivity index (χ4v) is 2.25. The van der Waals surface area contributed by atoms with Crippen LogP contribution in [-0.4, -0.2) is 17.6 Å². The van der Waals surface area contributed by atoms with Crippen molar-refractivity contribution in [2.75, 3.05) is 6.54 Å². The van der Waals surface area contributed by atoms with E-state index in [1.54, 1.807) is 0 Å². The number of nitrogens with one attached hydrogen (secondary N) is 1. The quantitative estimate of drug-likeness (QED) is 0.590. The third-order valence-corrected chi connectivity index (χ3v) is 3.39. The van der Waals surface area contributed by atoms with Gasteiger partial charge in [0.1, 0.15) is 5.82 Å². The lowest BCUT2D eigenvalue weighted by molar-refractivity contribution is -0.137. The van der Waals surface area contributed by atoms with Crippen LogP contribution in [0.25, 0.3) is 0 Å². The van der Waals surface area contributed by atoms with Crippen molar-refractivity contribution in [2.24, 2.45) is 0 Å². The van der Waals surface area contributed by atoms with Crippen LogP contribution in [0, 0.1) is 5.82 Å². The molecule has 0 radical (unpaired) electrons. The normalized spacial score (nSPS) is 12.4. The Labute approximate surface area is 121 Å². The molecule has 0 fully saturated rings. The summed E-state index contributed by atoms with van der Waals surface area (Å²) < 4.78 is 13.4. The largest absolute Gasteiger partial charge is 0.481 e. The summed E-state index contributed by atoms with van der Waals surface area (Å²) in [7, 11) is 0. The van der Waals surface area contributed by atoms with Gasteiger partial charge < -0.3 is 10.4 Å². The Kier molecular flexibility index (Phi) is 6.55. The molecule has 0 aromatic heterocycles. The second-order valence-electron chi connectivity index (χ2n) is 4.31. The second kappa shape index (κ2) is 7.68. The van der Waals surface area contributed by atoms with Crippen LogP contribution in [0.15, 0.2) is 12.1 Å². The molecule has 1 unspecified atom stereocenters. The summed E-state index contributed by atoms with van der Waals surface area (Å²) in [6.45, 7) is 2.51. The van der Waals surface area contributed by atoms with Crippen LogP contribution in [-0.2, 0) is 4.79 Å². The summed E-state index contributed by atoms with van der Waals surface area (Å²) in [5.74, 6) is -1.29. The maximum Gasteiger partial charge on any atom is 0.303 e. The number of carboxylic acid groups (broad SMARTS) is 1. The smallest absolute Gasteiger partial charge is 0.303 e. The standard InChI is InChI=1S/C13H16Cl2FNO2/c1-8(17-5-3-2-4-13(18)19)9-6-12(16)11(15)7-10(9)14/h6-8,17H,2-5H2,1H3,(H,18,19). The molecule has 19 heavy (non-hydrogen) atoms. The number of rotatable bonds is 7. The van der Waals surface area contributed by atoms with Crippen molar-refractivity contribution in [3.8, 4) is 0 Å². The second-order valence-corrected chi connectivity index (χ2v) is 5.13. The molecule has 0 amide bonds. The number of hydrogen-bond donors (Lipinski definition) is 2. The van der Waals surface area contributed by atoms with Crippen molar-refractivity contribution in [2.45, 2.75) is 32.2 Å². The molecule has 1 aromatic rings. The first kappa shape index (κ1) is 16.2. The number of aliphatic carboxylic acids is 1. The molecule has 0 aliphatic carbocycles. The van der Waals surface area contributed by atoms with E-state index in [0.29, 0.717) is 23.6 Å². The van der Waals surface area contributed by atoms with E-state index in [9.17, 15) is 9.18 Å². The summed E-state index contributed by atoms with van der Waals surface area (Å²) in [4.78, 5) is 10.3. The SMILES string of the molecule is CC(NCCCCC(=O)O)c1cc(F)c(Cl)cc1Cl. The zero-order valence-electron chi connectivity index (χ0n) is 10.5. The predicted molar refractivity (Wildman–Crippen MR) is 74.3 cm³/mol. The van der Waals surface area contributed by atoms with Crippen LogP contribution >= 0.6 is 23.2 Å². The number of carbonyl (C=O) groups is 1. The fraction of sp³-hybridized carbons (Fsp3) is 0.462.